The Hall–Kier alpha value is -2.20. The topological polar surface area (TPSA) is 34.0 Å². The number of hydrogen-bond acceptors (Lipinski definition) is 3. The fourth-order valence-electron chi connectivity index (χ4n) is 3.63. The monoisotopic (exact) mass is 306 g/mol. The first-order chi connectivity index (χ1) is 11.2. The van der Waals surface area contributed by atoms with Crippen LogP contribution in [0.4, 0.5) is 0 Å². The first-order valence-corrected chi connectivity index (χ1v) is 8.32. The van der Waals surface area contributed by atoms with Gasteiger partial charge in [0.2, 0.25) is 0 Å². The summed E-state index contributed by atoms with van der Waals surface area (Å²) in [4.78, 5) is 12.0. The van der Waals surface area contributed by atoms with Crippen molar-refractivity contribution in [1.82, 2.24) is 19.4 Å². The normalized spacial score (nSPS) is 19.3. The maximum Gasteiger partial charge on any atom is 0.164 e. The molecule has 1 aromatic carbocycles. The number of pyridine rings is 1. The summed E-state index contributed by atoms with van der Waals surface area (Å²) in [5, 5.41) is 0. The van der Waals surface area contributed by atoms with E-state index in [9.17, 15) is 0 Å². The van der Waals surface area contributed by atoms with Crippen LogP contribution in [0.25, 0.3) is 16.9 Å². The van der Waals surface area contributed by atoms with Gasteiger partial charge in [-0.25, -0.2) is 9.97 Å². The van der Waals surface area contributed by atoms with E-state index in [4.69, 9.17) is 4.98 Å². The Morgan fingerprint density at radius 3 is 2.83 bits per heavy atom. The SMILES string of the molecule is Cc1ccccc1-n1c(C2CCCN(C)C2)nc2cccnc21. The smallest absolute Gasteiger partial charge is 0.164 e. The molecule has 3 aromatic rings. The third-order valence-electron chi connectivity index (χ3n) is 4.79. The second-order valence-electron chi connectivity index (χ2n) is 6.54. The average Bonchev–Trinajstić information content (AvgIpc) is 2.95. The minimum absolute atomic E-state index is 0.461. The van der Waals surface area contributed by atoms with E-state index < -0.39 is 0 Å². The standard InChI is InChI=1S/C19H22N4/c1-14-7-3-4-10-17(14)23-18(15-8-6-12-22(2)13-15)21-16-9-5-11-20-19(16)23/h3-5,7,9-11,15H,6,8,12-13H2,1-2H3. The van der Waals surface area contributed by atoms with Gasteiger partial charge >= 0.3 is 0 Å². The third-order valence-corrected chi connectivity index (χ3v) is 4.79. The summed E-state index contributed by atoms with van der Waals surface area (Å²) in [5.74, 6) is 1.61. The van der Waals surface area contributed by atoms with E-state index in [0.29, 0.717) is 5.92 Å². The van der Waals surface area contributed by atoms with Gasteiger partial charge in [0.1, 0.15) is 11.3 Å². The number of fused-ring (bicyclic) bond motifs is 1. The van der Waals surface area contributed by atoms with Crippen molar-refractivity contribution in [3.63, 3.8) is 0 Å². The van der Waals surface area contributed by atoms with Crippen molar-refractivity contribution in [2.75, 3.05) is 20.1 Å². The van der Waals surface area contributed by atoms with Crippen LogP contribution in [0.1, 0.15) is 30.1 Å². The van der Waals surface area contributed by atoms with E-state index in [2.05, 4.69) is 58.8 Å². The Labute approximate surface area is 136 Å². The first kappa shape index (κ1) is 14.4. The molecule has 0 radical (unpaired) electrons. The third kappa shape index (κ3) is 2.53. The van der Waals surface area contributed by atoms with Crippen molar-refractivity contribution in [2.45, 2.75) is 25.7 Å². The van der Waals surface area contributed by atoms with E-state index in [1.165, 1.54) is 30.6 Å². The zero-order chi connectivity index (χ0) is 15.8. The number of aryl methyl sites for hydroxylation is 1. The summed E-state index contributed by atoms with van der Waals surface area (Å²) in [6.45, 7) is 4.40. The largest absolute Gasteiger partial charge is 0.306 e. The number of hydrogen-bond donors (Lipinski definition) is 0. The number of nitrogens with zero attached hydrogens (tertiary/aromatic N) is 4. The molecule has 4 rings (SSSR count). The molecule has 2 aromatic heterocycles. The molecular weight excluding hydrogens is 284 g/mol. The van der Waals surface area contributed by atoms with Gasteiger partial charge in [-0.3, -0.25) is 4.57 Å². The molecule has 1 atom stereocenters. The fraction of sp³-hybridized carbons (Fsp3) is 0.368. The molecule has 23 heavy (non-hydrogen) atoms. The lowest BCUT2D eigenvalue weighted by Gasteiger charge is -2.29. The summed E-state index contributed by atoms with van der Waals surface area (Å²) >= 11 is 0. The van der Waals surface area contributed by atoms with Crippen LogP contribution in [0.15, 0.2) is 42.6 Å². The predicted molar refractivity (Wildman–Crippen MR) is 93.1 cm³/mol. The molecule has 0 saturated carbocycles. The number of para-hydroxylation sites is 1. The number of imidazole rings is 1. The lowest BCUT2D eigenvalue weighted by molar-refractivity contribution is 0.245. The van der Waals surface area contributed by atoms with Crippen LogP contribution >= 0.6 is 0 Å². The highest BCUT2D eigenvalue weighted by Crippen LogP contribution is 2.31. The molecule has 0 amide bonds. The van der Waals surface area contributed by atoms with Crippen LogP contribution in [-0.4, -0.2) is 39.6 Å². The number of likely N-dealkylation sites (tertiary alicyclic amines) is 1. The molecular formula is C19H22N4. The van der Waals surface area contributed by atoms with Gasteiger partial charge in [0.05, 0.1) is 5.69 Å². The van der Waals surface area contributed by atoms with Crippen LogP contribution in [0.2, 0.25) is 0 Å². The Kier molecular flexibility index (Phi) is 3.62. The highest BCUT2D eigenvalue weighted by molar-refractivity contribution is 5.74. The summed E-state index contributed by atoms with van der Waals surface area (Å²) in [6.07, 6.45) is 4.28. The number of rotatable bonds is 2. The zero-order valence-corrected chi connectivity index (χ0v) is 13.7. The van der Waals surface area contributed by atoms with Gasteiger partial charge in [-0.1, -0.05) is 18.2 Å². The van der Waals surface area contributed by atoms with E-state index in [-0.39, 0.29) is 0 Å². The molecule has 0 bridgehead atoms. The maximum atomic E-state index is 4.96. The van der Waals surface area contributed by atoms with Crippen LogP contribution in [-0.2, 0) is 0 Å². The molecule has 1 unspecified atom stereocenters. The second kappa shape index (κ2) is 5.78. The average molecular weight is 306 g/mol. The van der Waals surface area contributed by atoms with Gasteiger partial charge in [0.15, 0.2) is 5.65 Å². The molecule has 3 heterocycles. The van der Waals surface area contributed by atoms with Crippen molar-refractivity contribution in [1.29, 1.82) is 0 Å². The molecule has 4 nitrogen and oxygen atoms in total. The maximum absolute atomic E-state index is 4.96. The van der Waals surface area contributed by atoms with Gasteiger partial charge < -0.3 is 4.90 Å². The van der Waals surface area contributed by atoms with E-state index in [0.717, 1.165) is 23.5 Å². The summed E-state index contributed by atoms with van der Waals surface area (Å²) in [7, 11) is 2.20. The quantitative estimate of drug-likeness (QED) is 0.726. The molecule has 0 aliphatic carbocycles. The lowest BCUT2D eigenvalue weighted by atomic mass is 9.97. The molecule has 1 aliphatic heterocycles. The Morgan fingerprint density at radius 2 is 2.00 bits per heavy atom. The van der Waals surface area contributed by atoms with Gasteiger partial charge in [0, 0.05) is 18.7 Å². The van der Waals surface area contributed by atoms with Gasteiger partial charge in [-0.15, -0.1) is 0 Å². The molecule has 4 heteroatoms. The summed E-state index contributed by atoms with van der Waals surface area (Å²) < 4.78 is 2.27. The van der Waals surface area contributed by atoms with Crippen LogP contribution in [0.3, 0.4) is 0 Å². The summed E-state index contributed by atoms with van der Waals surface area (Å²) in [5.41, 5.74) is 4.39. The number of aromatic nitrogens is 3. The number of likely N-dealkylation sites (N-methyl/N-ethyl adjacent to an activating group) is 1. The van der Waals surface area contributed by atoms with Gasteiger partial charge in [-0.2, -0.15) is 0 Å². The van der Waals surface area contributed by atoms with Gasteiger partial charge in [0.25, 0.3) is 0 Å². The Bertz CT molecular complexity index is 836. The molecule has 0 spiro atoms. The minimum atomic E-state index is 0.461. The Balaban J connectivity index is 1.93. The van der Waals surface area contributed by atoms with E-state index in [1.807, 2.05) is 12.3 Å². The minimum Gasteiger partial charge on any atom is -0.306 e. The van der Waals surface area contributed by atoms with E-state index >= 15 is 0 Å². The Morgan fingerprint density at radius 1 is 1.13 bits per heavy atom. The van der Waals surface area contributed by atoms with E-state index in [1.54, 1.807) is 0 Å². The molecule has 1 saturated heterocycles. The van der Waals surface area contributed by atoms with Crippen LogP contribution in [0, 0.1) is 6.92 Å². The molecule has 1 fully saturated rings. The zero-order valence-electron chi connectivity index (χ0n) is 13.7. The molecule has 0 N–H and O–H groups in total. The number of benzene rings is 1. The number of piperidine rings is 1. The highest BCUT2D eigenvalue weighted by Gasteiger charge is 2.26. The van der Waals surface area contributed by atoms with Crippen molar-refractivity contribution in [3.8, 4) is 5.69 Å². The first-order valence-electron chi connectivity index (χ1n) is 8.32. The highest BCUT2D eigenvalue weighted by atomic mass is 15.2. The summed E-state index contributed by atoms with van der Waals surface area (Å²) in [6, 6.07) is 12.5. The lowest BCUT2D eigenvalue weighted by Crippen LogP contribution is -2.32. The molecule has 118 valence electrons. The predicted octanol–water partition coefficient (Wildman–Crippen LogP) is 3.54. The fourth-order valence-corrected chi connectivity index (χ4v) is 3.63. The van der Waals surface area contributed by atoms with Crippen LogP contribution < -0.4 is 0 Å². The van der Waals surface area contributed by atoms with Crippen molar-refractivity contribution in [3.05, 3.63) is 54.0 Å². The molecule has 1 aliphatic rings. The second-order valence-corrected chi connectivity index (χ2v) is 6.54. The van der Waals surface area contributed by atoms with Crippen molar-refractivity contribution < 1.29 is 0 Å². The van der Waals surface area contributed by atoms with Crippen molar-refractivity contribution >= 4 is 11.2 Å². The van der Waals surface area contributed by atoms with Gasteiger partial charge in [-0.05, 0) is 57.1 Å². The van der Waals surface area contributed by atoms with Crippen LogP contribution in [0.5, 0.6) is 0 Å². The van der Waals surface area contributed by atoms with Crippen molar-refractivity contribution in [2.24, 2.45) is 0 Å².